The summed E-state index contributed by atoms with van der Waals surface area (Å²) in [6.45, 7) is 1.19. The fourth-order valence-electron chi connectivity index (χ4n) is 2.83. The van der Waals surface area contributed by atoms with Crippen molar-refractivity contribution in [3.05, 3.63) is 0 Å². The third-order valence-corrected chi connectivity index (χ3v) is 5.06. The zero-order valence-corrected chi connectivity index (χ0v) is 12.7. The van der Waals surface area contributed by atoms with E-state index in [9.17, 15) is 18.0 Å². The van der Waals surface area contributed by atoms with Crippen LogP contribution in [0, 0.1) is 0 Å². The minimum atomic E-state index is -3.41. The van der Waals surface area contributed by atoms with Crippen molar-refractivity contribution in [2.45, 2.75) is 31.4 Å². The first kappa shape index (κ1) is 16.2. The molecule has 0 aliphatic carbocycles. The Morgan fingerprint density at radius 2 is 2.05 bits per heavy atom. The molecule has 0 saturated carbocycles. The van der Waals surface area contributed by atoms with E-state index in [1.165, 1.54) is 9.21 Å². The van der Waals surface area contributed by atoms with Gasteiger partial charge in [-0.2, -0.15) is 4.31 Å². The van der Waals surface area contributed by atoms with E-state index in [2.05, 4.69) is 0 Å². The second kappa shape index (κ2) is 6.29. The Morgan fingerprint density at radius 3 is 2.67 bits per heavy atom. The second-order valence-electron chi connectivity index (χ2n) is 5.41. The highest BCUT2D eigenvalue weighted by Crippen LogP contribution is 2.23. The molecule has 0 aromatic heterocycles. The van der Waals surface area contributed by atoms with Crippen molar-refractivity contribution in [1.29, 1.82) is 0 Å². The monoisotopic (exact) mass is 320 g/mol. The third-order valence-electron chi connectivity index (χ3n) is 3.77. The minimum absolute atomic E-state index is 0.162. The first-order valence-corrected chi connectivity index (χ1v) is 8.73. The summed E-state index contributed by atoms with van der Waals surface area (Å²) in [6, 6.07) is -0.663. The number of carbonyl (C=O) groups is 2. The van der Waals surface area contributed by atoms with E-state index in [-0.39, 0.29) is 25.5 Å². The number of sulfonamides is 1. The standard InChI is InChI=1S/C12H20N2O6S/c1-21(18,19)14-4-2-3-10(14)12(17)13-5-6-20-9(8-13)7-11(15)16/h9-10H,2-8H2,1H3,(H,15,16). The van der Waals surface area contributed by atoms with E-state index in [0.717, 1.165) is 6.26 Å². The molecule has 2 atom stereocenters. The van der Waals surface area contributed by atoms with Crippen molar-refractivity contribution < 1.29 is 27.9 Å². The van der Waals surface area contributed by atoms with E-state index in [1.807, 2.05) is 0 Å². The maximum atomic E-state index is 12.5. The van der Waals surface area contributed by atoms with Gasteiger partial charge in [-0.15, -0.1) is 0 Å². The van der Waals surface area contributed by atoms with Crippen LogP contribution in [0.25, 0.3) is 0 Å². The molecule has 0 bridgehead atoms. The average Bonchev–Trinajstić information content (AvgIpc) is 2.86. The quantitative estimate of drug-likeness (QED) is 0.721. The molecule has 2 aliphatic rings. The van der Waals surface area contributed by atoms with E-state index in [1.54, 1.807) is 0 Å². The number of aliphatic carboxylic acids is 1. The summed E-state index contributed by atoms with van der Waals surface area (Å²) in [5, 5.41) is 8.78. The molecule has 2 unspecified atom stereocenters. The number of rotatable bonds is 4. The summed E-state index contributed by atoms with van der Waals surface area (Å²) in [7, 11) is -3.41. The van der Waals surface area contributed by atoms with Crippen molar-refractivity contribution >= 4 is 21.9 Å². The maximum absolute atomic E-state index is 12.5. The molecule has 8 nitrogen and oxygen atoms in total. The number of carboxylic acid groups (broad SMARTS) is 1. The number of amides is 1. The van der Waals surface area contributed by atoms with Crippen LogP contribution in [0.3, 0.4) is 0 Å². The van der Waals surface area contributed by atoms with Crippen LogP contribution in [-0.4, -0.2) is 79.2 Å². The molecule has 2 aliphatic heterocycles. The van der Waals surface area contributed by atoms with Gasteiger partial charge in [-0.05, 0) is 12.8 Å². The molecular formula is C12H20N2O6S. The van der Waals surface area contributed by atoms with Gasteiger partial charge in [0.1, 0.15) is 6.04 Å². The first-order valence-electron chi connectivity index (χ1n) is 6.88. The molecule has 2 saturated heterocycles. The summed E-state index contributed by atoms with van der Waals surface area (Å²) in [5.74, 6) is -1.23. The number of nitrogens with zero attached hydrogens (tertiary/aromatic N) is 2. The van der Waals surface area contributed by atoms with Crippen molar-refractivity contribution in [3.8, 4) is 0 Å². The van der Waals surface area contributed by atoms with Gasteiger partial charge in [0, 0.05) is 19.6 Å². The van der Waals surface area contributed by atoms with Gasteiger partial charge in [-0.3, -0.25) is 9.59 Å². The topological polar surface area (TPSA) is 104 Å². The van der Waals surface area contributed by atoms with Crippen molar-refractivity contribution in [3.63, 3.8) is 0 Å². The zero-order chi connectivity index (χ0) is 15.6. The van der Waals surface area contributed by atoms with Gasteiger partial charge in [0.25, 0.3) is 0 Å². The van der Waals surface area contributed by atoms with Gasteiger partial charge in [0.05, 0.1) is 25.4 Å². The van der Waals surface area contributed by atoms with Gasteiger partial charge >= 0.3 is 5.97 Å². The Kier molecular flexibility index (Phi) is 4.84. The highest BCUT2D eigenvalue weighted by Gasteiger charge is 2.39. The summed E-state index contributed by atoms with van der Waals surface area (Å²) in [4.78, 5) is 24.7. The van der Waals surface area contributed by atoms with Gasteiger partial charge in [0.2, 0.25) is 15.9 Å². The second-order valence-corrected chi connectivity index (χ2v) is 7.34. The molecule has 2 heterocycles. The molecule has 2 fully saturated rings. The van der Waals surface area contributed by atoms with Crippen LogP contribution in [0.15, 0.2) is 0 Å². The lowest BCUT2D eigenvalue weighted by Crippen LogP contribution is -2.53. The molecule has 21 heavy (non-hydrogen) atoms. The number of ether oxygens (including phenoxy) is 1. The fraction of sp³-hybridized carbons (Fsp3) is 0.833. The SMILES string of the molecule is CS(=O)(=O)N1CCCC1C(=O)N1CCOC(CC(=O)O)C1. The lowest BCUT2D eigenvalue weighted by molar-refractivity contribution is -0.149. The zero-order valence-electron chi connectivity index (χ0n) is 11.9. The minimum Gasteiger partial charge on any atom is -0.481 e. The van der Waals surface area contributed by atoms with Crippen LogP contribution in [0.1, 0.15) is 19.3 Å². The van der Waals surface area contributed by atoms with Gasteiger partial charge in [-0.25, -0.2) is 8.42 Å². The molecule has 0 aromatic carbocycles. The van der Waals surface area contributed by atoms with E-state index >= 15 is 0 Å². The van der Waals surface area contributed by atoms with Crippen LogP contribution < -0.4 is 0 Å². The summed E-state index contributed by atoms with van der Waals surface area (Å²) < 4.78 is 29.9. The van der Waals surface area contributed by atoms with Gasteiger partial charge in [-0.1, -0.05) is 0 Å². The van der Waals surface area contributed by atoms with Gasteiger partial charge < -0.3 is 14.7 Å². The van der Waals surface area contributed by atoms with Crippen LogP contribution in [0.2, 0.25) is 0 Å². The fourth-order valence-corrected chi connectivity index (χ4v) is 3.95. The number of hydrogen-bond acceptors (Lipinski definition) is 5. The molecule has 0 radical (unpaired) electrons. The Hall–Kier alpha value is -1.19. The van der Waals surface area contributed by atoms with Crippen LogP contribution >= 0.6 is 0 Å². The molecule has 1 N–H and O–H groups in total. The van der Waals surface area contributed by atoms with Crippen molar-refractivity contribution in [1.82, 2.24) is 9.21 Å². The average molecular weight is 320 g/mol. The van der Waals surface area contributed by atoms with Crippen molar-refractivity contribution in [2.24, 2.45) is 0 Å². The maximum Gasteiger partial charge on any atom is 0.306 e. The molecule has 0 spiro atoms. The number of hydrogen-bond donors (Lipinski definition) is 1. The first-order chi connectivity index (χ1) is 9.79. The summed E-state index contributed by atoms with van der Waals surface area (Å²) in [6.07, 6.45) is 1.57. The summed E-state index contributed by atoms with van der Waals surface area (Å²) in [5.41, 5.74) is 0. The normalized spacial score (nSPS) is 27.8. The highest BCUT2D eigenvalue weighted by molar-refractivity contribution is 7.88. The smallest absolute Gasteiger partial charge is 0.306 e. The highest BCUT2D eigenvalue weighted by atomic mass is 32.2. The van der Waals surface area contributed by atoms with E-state index < -0.39 is 28.1 Å². The predicted octanol–water partition coefficient (Wildman–Crippen LogP) is -0.887. The Morgan fingerprint density at radius 1 is 1.33 bits per heavy atom. The molecule has 9 heteroatoms. The number of carbonyl (C=O) groups excluding carboxylic acids is 1. The number of carboxylic acids is 1. The number of morpholine rings is 1. The lowest BCUT2D eigenvalue weighted by Gasteiger charge is -2.35. The van der Waals surface area contributed by atoms with E-state index in [0.29, 0.717) is 25.9 Å². The summed E-state index contributed by atoms with van der Waals surface area (Å²) >= 11 is 0. The lowest BCUT2D eigenvalue weighted by atomic mass is 10.1. The molecule has 2 rings (SSSR count). The van der Waals surface area contributed by atoms with Crippen LogP contribution in [0.4, 0.5) is 0 Å². The molecule has 1 amide bonds. The Bertz CT molecular complexity index is 520. The molecule has 120 valence electrons. The van der Waals surface area contributed by atoms with E-state index in [4.69, 9.17) is 9.84 Å². The molecular weight excluding hydrogens is 300 g/mol. The predicted molar refractivity (Wildman–Crippen MR) is 73.1 cm³/mol. The largest absolute Gasteiger partial charge is 0.481 e. The Balaban J connectivity index is 2.03. The van der Waals surface area contributed by atoms with Gasteiger partial charge in [0.15, 0.2) is 0 Å². The van der Waals surface area contributed by atoms with Crippen LogP contribution in [-0.2, 0) is 24.3 Å². The Labute approximate surface area is 123 Å². The van der Waals surface area contributed by atoms with Crippen molar-refractivity contribution in [2.75, 3.05) is 32.5 Å². The van der Waals surface area contributed by atoms with Crippen LogP contribution in [0.5, 0.6) is 0 Å². The molecule has 0 aromatic rings. The third kappa shape index (κ3) is 3.92.